The number of ether oxygens (including phenoxy) is 3. The van der Waals surface area contributed by atoms with Crippen LogP contribution in [0, 0.1) is 5.41 Å². The molecule has 0 saturated heterocycles. The maximum atomic E-state index is 5.88. The van der Waals surface area contributed by atoms with E-state index in [1.165, 1.54) is 11.1 Å². The highest BCUT2D eigenvalue weighted by Gasteiger charge is 2.31. The minimum absolute atomic E-state index is 0.0926. The second-order valence-electron chi connectivity index (χ2n) is 8.82. The fourth-order valence-corrected chi connectivity index (χ4v) is 3.25. The van der Waals surface area contributed by atoms with Crippen LogP contribution in [0.3, 0.4) is 0 Å². The molecular formula is C22H34O3. The molecule has 3 heteroatoms. The molecule has 1 aliphatic heterocycles. The van der Waals surface area contributed by atoms with Crippen LogP contribution in [0.5, 0.6) is 11.5 Å². The van der Waals surface area contributed by atoms with Crippen LogP contribution >= 0.6 is 0 Å². The van der Waals surface area contributed by atoms with E-state index in [4.69, 9.17) is 14.2 Å². The molecule has 140 valence electrons. The van der Waals surface area contributed by atoms with Crippen LogP contribution in [-0.2, 0) is 10.2 Å². The van der Waals surface area contributed by atoms with Gasteiger partial charge in [0.2, 0.25) is 0 Å². The summed E-state index contributed by atoms with van der Waals surface area (Å²) in [6, 6.07) is 6.17. The molecule has 0 fully saturated rings. The summed E-state index contributed by atoms with van der Waals surface area (Å²) < 4.78 is 17.3. The largest absolute Gasteiger partial charge is 0.492 e. The number of hydrogen-bond donors (Lipinski definition) is 0. The minimum Gasteiger partial charge on any atom is -0.492 e. The summed E-state index contributed by atoms with van der Waals surface area (Å²) in [6.45, 7) is 14.6. The lowest BCUT2D eigenvalue weighted by Crippen LogP contribution is -2.28. The first-order valence-corrected chi connectivity index (χ1v) is 9.22. The van der Waals surface area contributed by atoms with Crippen LogP contribution in [0.2, 0.25) is 0 Å². The van der Waals surface area contributed by atoms with E-state index in [1.807, 2.05) is 12.1 Å². The fourth-order valence-electron chi connectivity index (χ4n) is 3.25. The first kappa shape index (κ1) is 19.8. The third-order valence-electron chi connectivity index (χ3n) is 5.00. The highest BCUT2D eigenvalue weighted by molar-refractivity contribution is 5.47. The van der Waals surface area contributed by atoms with Gasteiger partial charge < -0.3 is 14.2 Å². The molecule has 0 aliphatic carbocycles. The summed E-state index contributed by atoms with van der Waals surface area (Å²) in [4.78, 5) is 0. The molecule has 0 spiro atoms. The van der Waals surface area contributed by atoms with E-state index in [0.717, 1.165) is 30.9 Å². The van der Waals surface area contributed by atoms with Crippen molar-refractivity contribution in [2.75, 3.05) is 20.3 Å². The van der Waals surface area contributed by atoms with E-state index in [9.17, 15) is 0 Å². The Morgan fingerprint density at radius 3 is 2.68 bits per heavy atom. The molecule has 0 bridgehead atoms. The summed E-state index contributed by atoms with van der Waals surface area (Å²) in [5.41, 5.74) is 2.86. The predicted molar refractivity (Wildman–Crippen MR) is 104 cm³/mol. The number of fused-ring (bicyclic) bond motifs is 1. The van der Waals surface area contributed by atoms with Crippen LogP contribution in [0.1, 0.15) is 59.9 Å². The molecule has 25 heavy (non-hydrogen) atoms. The van der Waals surface area contributed by atoms with E-state index in [0.29, 0.717) is 6.61 Å². The minimum atomic E-state index is 0.0926. The van der Waals surface area contributed by atoms with Crippen molar-refractivity contribution < 1.29 is 14.2 Å². The molecule has 0 saturated carbocycles. The third kappa shape index (κ3) is 5.24. The third-order valence-corrected chi connectivity index (χ3v) is 5.00. The SMILES string of the molecule is COC(CC/C(C)=C/COc1ccc2c(c1)OCC2(C)C)C(C)(C)C. The zero-order chi connectivity index (χ0) is 18.7. The molecule has 1 atom stereocenters. The van der Waals surface area contributed by atoms with Gasteiger partial charge in [0, 0.05) is 24.2 Å². The maximum absolute atomic E-state index is 5.88. The summed E-state index contributed by atoms with van der Waals surface area (Å²) in [5.74, 6) is 1.82. The van der Waals surface area contributed by atoms with Crippen LogP contribution in [-0.4, -0.2) is 26.4 Å². The van der Waals surface area contributed by atoms with Gasteiger partial charge in [-0.3, -0.25) is 0 Å². The van der Waals surface area contributed by atoms with Gasteiger partial charge in [-0.05, 0) is 37.3 Å². The first-order valence-electron chi connectivity index (χ1n) is 9.22. The van der Waals surface area contributed by atoms with Crippen molar-refractivity contribution in [2.45, 2.75) is 65.9 Å². The van der Waals surface area contributed by atoms with Crippen molar-refractivity contribution in [3.05, 3.63) is 35.4 Å². The topological polar surface area (TPSA) is 27.7 Å². The molecule has 0 aromatic heterocycles. The summed E-state index contributed by atoms with van der Waals surface area (Å²) in [5, 5.41) is 0. The van der Waals surface area contributed by atoms with Crippen molar-refractivity contribution in [2.24, 2.45) is 5.41 Å². The molecule has 1 heterocycles. The van der Waals surface area contributed by atoms with Crippen molar-refractivity contribution in [3.63, 3.8) is 0 Å². The van der Waals surface area contributed by atoms with Gasteiger partial charge in [0.05, 0.1) is 12.7 Å². The quantitative estimate of drug-likeness (QED) is 0.608. The Morgan fingerprint density at radius 1 is 1.32 bits per heavy atom. The van der Waals surface area contributed by atoms with Gasteiger partial charge in [-0.25, -0.2) is 0 Å². The lowest BCUT2D eigenvalue weighted by Gasteiger charge is -2.29. The summed E-state index contributed by atoms with van der Waals surface area (Å²) in [6.07, 6.45) is 4.49. The van der Waals surface area contributed by atoms with Gasteiger partial charge in [-0.1, -0.05) is 46.3 Å². The molecule has 1 aliphatic rings. The Balaban J connectivity index is 1.85. The molecule has 1 unspecified atom stereocenters. The predicted octanol–water partition coefficient (Wildman–Crippen LogP) is 5.52. The van der Waals surface area contributed by atoms with Crippen LogP contribution in [0.15, 0.2) is 29.8 Å². The highest BCUT2D eigenvalue weighted by atomic mass is 16.5. The monoisotopic (exact) mass is 346 g/mol. The standard InChI is InChI=1S/C22H34O3/c1-16(8-11-20(23-7)21(2,3)4)12-13-24-17-9-10-18-19(14-17)25-15-22(18,5)6/h9-10,12,14,20H,8,11,13,15H2,1-7H3/b16-12+. The summed E-state index contributed by atoms with van der Waals surface area (Å²) >= 11 is 0. The fraction of sp³-hybridized carbons (Fsp3) is 0.636. The van der Waals surface area contributed by atoms with E-state index in [2.05, 4.69) is 53.7 Å². The van der Waals surface area contributed by atoms with Crippen LogP contribution in [0.25, 0.3) is 0 Å². The molecule has 0 N–H and O–H groups in total. The summed E-state index contributed by atoms with van der Waals surface area (Å²) in [7, 11) is 1.80. The highest BCUT2D eigenvalue weighted by Crippen LogP contribution is 2.40. The number of benzene rings is 1. The van der Waals surface area contributed by atoms with E-state index in [-0.39, 0.29) is 16.9 Å². The number of hydrogen-bond acceptors (Lipinski definition) is 3. The Morgan fingerprint density at radius 2 is 2.04 bits per heavy atom. The normalized spacial score (nSPS) is 17.8. The molecule has 1 aromatic carbocycles. The molecule has 2 rings (SSSR count). The molecule has 1 aromatic rings. The smallest absolute Gasteiger partial charge is 0.126 e. The average molecular weight is 347 g/mol. The molecular weight excluding hydrogens is 312 g/mol. The molecule has 3 nitrogen and oxygen atoms in total. The van der Waals surface area contributed by atoms with Gasteiger partial charge in [-0.15, -0.1) is 0 Å². The van der Waals surface area contributed by atoms with Crippen LogP contribution < -0.4 is 9.47 Å². The number of allylic oxidation sites excluding steroid dienone is 1. The Bertz CT molecular complexity index is 608. The van der Waals surface area contributed by atoms with E-state index < -0.39 is 0 Å². The number of rotatable bonds is 7. The Kier molecular flexibility index (Phi) is 6.21. The number of methoxy groups -OCH3 is 1. The second kappa shape index (κ2) is 7.82. The molecule has 0 amide bonds. The maximum Gasteiger partial charge on any atom is 0.126 e. The van der Waals surface area contributed by atoms with E-state index in [1.54, 1.807) is 7.11 Å². The van der Waals surface area contributed by atoms with Gasteiger partial charge >= 0.3 is 0 Å². The van der Waals surface area contributed by atoms with Crippen molar-refractivity contribution in [1.82, 2.24) is 0 Å². The molecule has 0 radical (unpaired) electrons. The lowest BCUT2D eigenvalue weighted by atomic mass is 9.85. The van der Waals surface area contributed by atoms with Crippen molar-refractivity contribution in [1.29, 1.82) is 0 Å². The van der Waals surface area contributed by atoms with Crippen LogP contribution in [0.4, 0.5) is 0 Å². The Labute approximate surface area is 153 Å². The van der Waals surface area contributed by atoms with Gasteiger partial charge in [0.25, 0.3) is 0 Å². The average Bonchev–Trinajstić information content (AvgIpc) is 2.81. The van der Waals surface area contributed by atoms with Gasteiger partial charge in [0.1, 0.15) is 18.1 Å². The zero-order valence-electron chi connectivity index (χ0n) is 16.9. The second-order valence-corrected chi connectivity index (χ2v) is 8.82. The zero-order valence-corrected chi connectivity index (χ0v) is 16.9. The Hall–Kier alpha value is -1.48. The van der Waals surface area contributed by atoms with Gasteiger partial charge in [0.15, 0.2) is 0 Å². The van der Waals surface area contributed by atoms with E-state index >= 15 is 0 Å². The lowest BCUT2D eigenvalue weighted by molar-refractivity contribution is 0.0110. The van der Waals surface area contributed by atoms with Gasteiger partial charge in [-0.2, -0.15) is 0 Å². The van der Waals surface area contributed by atoms with Crippen molar-refractivity contribution in [3.8, 4) is 11.5 Å². The van der Waals surface area contributed by atoms with Crippen molar-refractivity contribution >= 4 is 0 Å². The first-order chi connectivity index (χ1) is 11.6.